The van der Waals surface area contributed by atoms with Crippen LogP contribution in [0.1, 0.15) is 37.5 Å². The van der Waals surface area contributed by atoms with E-state index in [0.29, 0.717) is 0 Å². The van der Waals surface area contributed by atoms with Gasteiger partial charge in [-0.15, -0.1) is 6.42 Å². The molecule has 0 aliphatic rings. The zero-order valence-corrected chi connectivity index (χ0v) is 8.81. The van der Waals surface area contributed by atoms with Crippen LogP contribution < -0.4 is 0 Å². The Morgan fingerprint density at radius 3 is 2.31 bits per heavy atom. The lowest BCUT2D eigenvalue weighted by Crippen LogP contribution is -2.13. The van der Waals surface area contributed by atoms with E-state index in [1.807, 2.05) is 12.1 Å². The van der Waals surface area contributed by atoms with Gasteiger partial charge in [-0.05, 0) is 29.5 Å². The highest BCUT2D eigenvalue weighted by molar-refractivity contribution is 5.45. The van der Waals surface area contributed by atoms with Crippen molar-refractivity contribution in [3.8, 4) is 12.3 Å². The summed E-state index contributed by atoms with van der Waals surface area (Å²) < 4.78 is 0. The van der Waals surface area contributed by atoms with Gasteiger partial charge in [0, 0.05) is 5.56 Å². The van der Waals surface area contributed by atoms with Gasteiger partial charge < -0.3 is 0 Å². The van der Waals surface area contributed by atoms with Crippen LogP contribution >= 0.6 is 0 Å². The summed E-state index contributed by atoms with van der Waals surface area (Å²) in [6.07, 6.45) is 5.41. The van der Waals surface area contributed by atoms with Crippen LogP contribution in [-0.2, 0) is 5.41 Å². The highest BCUT2D eigenvalue weighted by Crippen LogP contribution is 2.26. The van der Waals surface area contributed by atoms with Gasteiger partial charge in [-0.2, -0.15) is 0 Å². The summed E-state index contributed by atoms with van der Waals surface area (Å²) in [5, 5.41) is 0. The van der Waals surface area contributed by atoms with Crippen molar-refractivity contribution in [2.75, 3.05) is 0 Å². The minimum absolute atomic E-state index is 0.178. The molecule has 68 valence electrons. The van der Waals surface area contributed by atoms with Crippen LogP contribution in [0.4, 0.5) is 0 Å². The molecule has 0 nitrogen and oxygen atoms in total. The van der Waals surface area contributed by atoms with Crippen molar-refractivity contribution < 1.29 is 0 Å². The van der Waals surface area contributed by atoms with Gasteiger partial charge in [0.1, 0.15) is 0 Å². The lowest BCUT2D eigenvalue weighted by Gasteiger charge is -2.22. The minimum atomic E-state index is 0.178. The molecule has 0 bridgehead atoms. The molecule has 1 rings (SSSR count). The maximum Gasteiger partial charge on any atom is 0.0274 e. The zero-order chi connectivity index (χ0) is 10.1. The molecule has 0 saturated heterocycles. The summed E-state index contributed by atoms with van der Waals surface area (Å²) in [6.45, 7) is 8.71. The molecule has 0 amide bonds. The van der Waals surface area contributed by atoms with E-state index >= 15 is 0 Å². The summed E-state index contributed by atoms with van der Waals surface area (Å²) in [5.74, 6) is 2.71. The number of benzene rings is 1. The molecule has 0 fully saturated rings. The number of terminal acetylenes is 1. The Kier molecular flexibility index (Phi) is 2.48. The molecule has 0 radical (unpaired) electrons. The molecule has 0 N–H and O–H groups in total. The van der Waals surface area contributed by atoms with E-state index < -0.39 is 0 Å². The van der Waals surface area contributed by atoms with Crippen LogP contribution in [0.25, 0.3) is 0 Å². The summed E-state index contributed by atoms with van der Waals surface area (Å²) in [4.78, 5) is 0. The second-order valence-electron chi connectivity index (χ2n) is 4.37. The Morgan fingerprint density at radius 1 is 1.23 bits per heavy atom. The van der Waals surface area contributed by atoms with Gasteiger partial charge in [-0.1, -0.05) is 38.8 Å². The predicted molar refractivity (Wildman–Crippen MR) is 57.8 cm³/mol. The third-order valence-corrected chi connectivity index (χ3v) is 2.30. The first-order chi connectivity index (χ1) is 5.96. The van der Waals surface area contributed by atoms with Gasteiger partial charge in [0.2, 0.25) is 0 Å². The van der Waals surface area contributed by atoms with Crippen molar-refractivity contribution in [3.05, 3.63) is 34.9 Å². The van der Waals surface area contributed by atoms with Gasteiger partial charge in [-0.25, -0.2) is 0 Å². The normalized spacial score (nSPS) is 11.0. The topological polar surface area (TPSA) is 0 Å². The van der Waals surface area contributed by atoms with Crippen molar-refractivity contribution in [1.29, 1.82) is 0 Å². The van der Waals surface area contributed by atoms with Crippen molar-refractivity contribution >= 4 is 0 Å². The Morgan fingerprint density at radius 2 is 1.85 bits per heavy atom. The Balaban J connectivity index is 3.34. The molecule has 13 heavy (non-hydrogen) atoms. The van der Waals surface area contributed by atoms with Crippen LogP contribution in [-0.4, -0.2) is 0 Å². The first kappa shape index (κ1) is 9.86. The molecule has 0 aliphatic heterocycles. The summed E-state index contributed by atoms with van der Waals surface area (Å²) in [5.41, 5.74) is 3.75. The fourth-order valence-electron chi connectivity index (χ4n) is 1.60. The molecule has 0 atom stereocenters. The average Bonchev–Trinajstić information content (AvgIpc) is 2.02. The molecule has 1 aromatic rings. The van der Waals surface area contributed by atoms with E-state index in [-0.39, 0.29) is 5.41 Å². The second kappa shape index (κ2) is 3.26. The van der Waals surface area contributed by atoms with Crippen LogP contribution in [0.15, 0.2) is 18.2 Å². The maximum absolute atomic E-state index is 5.41. The first-order valence-electron chi connectivity index (χ1n) is 4.53. The van der Waals surface area contributed by atoms with Crippen molar-refractivity contribution in [1.82, 2.24) is 0 Å². The molecule has 0 heteroatoms. The monoisotopic (exact) mass is 172 g/mol. The molecule has 0 unspecified atom stereocenters. The SMILES string of the molecule is C#Cc1cccc(C(C)(C)C)c1C. The van der Waals surface area contributed by atoms with Gasteiger partial charge in [0.25, 0.3) is 0 Å². The van der Waals surface area contributed by atoms with E-state index in [9.17, 15) is 0 Å². The maximum atomic E-state index is 5.41. The highest BCUT2D eigenvalue weighted by atomic mass is 14.2. The highest BCUT2D eigenvalue weighted by Gasteiger charge is 2.16. The number of rotatable bonds is 0. The van der Waals surface area contributed by atoms with Gasteiger partial charge in [-0.3, -0.25) is 0 Å². The summed E-state index contributed by atoms with van der Waals surface area (Å²) in [7, 11) is 0. The summed E-state index contributed by atoms with van der Waals surface area (Å²) >= 11 is 0. The van der Waals surface area contributed by atoms with E-state index in [4.69, 9.17) is 6.42 Å². The largest absolute Gasteiger partial charge is 0.115 e. The van der Waals surface area contributed by atoms with Gasteiger partial charge >= 0.3 is 0 Å². The Labute approximate surface area is 81.0 Å². The smallest absolute Gasteiger partial charge is 0.0274 e. The minimum Gasteiger partial charge on any atom is -0.115 e. The molecule has 0 heterocycles. The van der Waals surface area contributed by atoms with Gasteiger partial charge in [0.05, 0.1) is 0 Å². The standard InChI is InChI=1S/C13H16/c1-6-11-8-7-9-12(10(11)2)13(3,4)5/h1,7-9H,2-5H3. The van der Waals surface area contributed by atoms with E-state index in [2.05, 4.69) is 39.7 Å². The third kappa shape index (κ3) is 1.92. The Bertz CT molecular complexity index is 345. The number of hydrogen-bond donors (Lipinski definition) is 0. The second-order valence-corrected chi connectivity index (χ2v) is 4.37. The van der Waals surface area contributed by atoms with Crippen LogP contribution in [0.2, 0.25) is 0 Å². The van der Waals surface area contributed by atoms with E-state index in [1.165, 1.54) is 11.1 Å². The molecule has 0 saturated carbocycles. The van der Waals surface area contributed by atoms with Gasteiger partial charge in [0.15, 0.2) is 0 Å². The van der Waals surface area contributed by atoms with E-state index in [0.717, 1.165) is 5.56 Å². The molecule has 0 aliphatic carbocycles. The predicted octanol–water partition coefficient (Wildman–Crippen LogP) is 3.27. The molecular formula is C13H16. The number of hydrogen-bond acceptors (Lipinski definition) is 0. The van der Waals surface area contributed by atoms with Crippen LogP contribution in [0, 0.1) is 19.3 Å². The molecule has 1 aromatic carbocycles. The third-order valence-electron chi connectivity index (χ3n) is 2.30. The lowest BCUT2D eigenvalue weighted by atomic mass is 9.83. The Hall–Kier alpha value is -1.22. The van der Waals surface area contributed by atoms with E-state index in [1.54, 1.807) is 0 Å². The van der Waals surface area contributed by atoms with Crippen LogP contribution in [0.3, 0.4) is 0 Å². The zero-order valence-electron chi connectivity index (χ0n) is 8.81. The quantitative estimate of drug-likeness (QED) is 0.527. The lowest BCUT2D eigenvalue weighted by molar-refractivity contribution is 0.586. The summed E-state index contributed by atoms with van der Waals surface area (Å²) in [6, 6.07) is 6.17. The van der Waals surface area contributed by atoms with Crippen molar-refractivity contribution in [3.63, 3.8) is 0 Å². The van der Waals surface area contributed by atoms with Crippen LogP contribution in [0.5, 0.6) is 0 Å². The molecule has 0 spiro atoms. The van der Waals surface area contributed by atoms with Crippen molar-refractivity contribution in [2.45, 2.75) is 33.1 Å². The first-order valence-corrected chi connectivity index (χ1v) is 4.53. The fourth-order valence-corrected chi connectivity index (χ4v) is 1.60. The van der Waals surface area contributed by atoms with Crippen molar-refractivity contribution in [2.24, 2.45) is 0 Å². The fraction of sp³-hybridized carbons (Fsp3) is 0.385. The average molecular weight is 172 g/mol. The molecular weight excluding hydrogens is 156 g/mol. The molecule has 0 aromatic heterocycles.